The molecular weight excluding hydrogens is 204 g/mol. The van der Waals surface area contributed by atoms with E-state index in [-0.39, 0.29) is 11.8 Å². The molecule has 0 saturated carbocycles. The number of carbonyl (C=O) groups is 2. The van der Waals surface area contributed by atoms with Crippen LogP contribution >= 0.6 is 0 Å². The van der Waals surface area contributed by atoms with E-state index in [0.29, 0.717) is 12.1 Å². The Bertz CT molecular complexity index is 491. The van der Waals surface area contributed by atoms with Crippen molar-refractivity contribution in [2.45, 2.75) is 6.42 Å². The first kappa shape index (κ1) is 10.1. The minimum atomic E-state index is -0.335. The molecule has 0 saturated heterocycles. The van der Waals surface area contributed by atoms with Gasteiger partial charge in [0.15, 0.2) is 0 Å². The van der Waals surface area contributed by atoms with Gasteiger partial charge in [-0.2, -0.15) is 5.26 Å². The summed E-state index contributed by atoms with van der Waals surface area (Å²) in [4.78, 5) is 23.8. The second kappa shape index (κ2) is 3.99. The van der Waals surface area contributed by atoms with Crippen LogP contribution < -0.4 is 4.90 Å². The van der Waals surface area contributed by atoms with Crippen molar-refractivity contribution >= 4 is 17.5 Å². The van der Waals surface area contributed by atoms with Crippen LogP contribution in [0.2, 0.25) is 0 Å². The van der Waals surface area contributed by atoms with Gasteiger partial charge in [-0.1, -0.05) is 12.1 Å². The van der Waals surface area contributed by atoms with Gasteiger partial charge in [-0.3, -0.25) is 9.59 Å². The van der Waals surface area contributed by atoms with Crippen molar-refractivity contribution in [3.63, 3.8) is 0 Å². The molecule has 0 atom stereocenters. The monoisotopic (exact) mass is 212 g/mol. The van der Waals surface area contributed by atoms with Crippen LogP contribution in [0.4, 0.5) is 5.69 Å². The molecule has 0 spiro atoms. The Morgan fingerprint density at radius 1 is 1.06 bits per heavy atom. The number of benzene rings is 1. The van der Waals surface area contributed by atoms with Gasteiger partial charge in [0.25, 0.3) is 11.8 Å². The molecule has 1 aromatic carbocycles. The lowest BCUT2D eigenvalue weighted by Crippen LogP contribution is -2.29. The normalized spacial score (nSPS) is 14.3. The Labute approximate surface area is 92.4 Å². The molecule has 4 heteroatoms. The molecule has 0 fully saturated rings. The molecule has 1 aliphatic rings. The van der Waals surface area contributed by atoms with E-state index in [9.17, 15) is 9.59 Å². The summed E-state index contributed by atoms with van der Waals surface area (Å²) in [6.07, 6.45) is 2.80. The second-order valence-corrected chi connectivity index (χ2v) is 3.35. The number of amides is 2. The summed E-state index contributed by atoms with van der Waals surface area (Å²) in [5.74, 6) is -0.670. The maximum Gasteiger partial charge on any atom is 0.258 e. The Morgan fingerprint density at radius 3 is 2.12 bits per heavy atom. The van der Waals surface area contributed by atoms with Crippen molar-refractivity contribution in [3.05, 3.63) is 42.0 Å². The molecule has 1 aromatic rings. The topological polar surface area (TPSA) is 61.2 Å². The van der Waals surface area contributed by atoms with Crippen LogP contribution in [0.15, 0.2) is 36.4 Å². The summed E-state index contributed by atoms with van der Waals surface area (Å²) in [5, 5.41) is 8.51. The van der Waals surface area contributed by atoms with Crippen molar-refractivity contribution in [1.29, 1.82) is 5.26 Å². The average Bonchev–Trinajstić information content (AvgIpc) is 2.61. The first-order valence-corrected chi connectivity index (χ1v) is 4.74. The molecular formula is C12H8N2O2. The highest BCUT2D eigenvalue weighted by atomic mass is 16.2. The van der Waals surface area contributed by atoms with Gasteiger partial charge >= 0.3 is 0 Å². The highest BCUT2D eigenvalue weighted by molar-refractivity contribution is 6.28. The zero-order valence-electron chi connectivity index (χ0n) is 8.38. The molecule has 16 heavy (non-hydrogen) atoms. The van der Waals surface area contributed by atoms with E-state index >= 15 is 0 Å². The molecule has 0 N–H and O–H groups in total. The molecule has 0 aliphatic carbocycles. The summed E-state index contributed by atoms with van der Waals surface area (Å²) < 4.78 is 0. The fourth-order valence-electron chi connectivity index (χ4n) is 1.51. The predicted molar refractivity (Wildman–Crippen MR) is 57.4 cm³/mol. The number of carbonyl (C=O) groups excluding carboxylic acids is 2. The maximum absolute atomic E-state index is 11.4. The third-order valence-electron chi connectivity index (χ3n) is 2.29. The minimum absolute atomic E-state index is 0.320. The fraction of sp³-hybridized carbons (Fsp3) is 0.0833. The number of rotatable bonds is 2. The van der Waals surface area contributed by atoms with Crippen LogP contribution in [0.1, 0.15) is 5.56 Å². The lowest BCUT2D eigenvalue weighted by Gasteiger charge is -2.13. The van der Waals surface area contributed by atoms with Crippen molar-refractivity contribution in [2.75, 3.05) is 4.90 Å². The highest BCUT2D eigenvalue weighted by Gasteiger charge is 2.24. The molecule has 0 aromatic heterocycles. The van der Waals surface area contributed by atoms with Gasteiger partial charge in [-0.25, -0.2) is 4.90 Å². The second-order valence-electron chi connectivity index (χ2n) is 3.35. The van der Waals surface area contributed by atoms with Crippen LogP contribution in [0, 0.1) is 11.3 Å². The van der Waals surface area contributed by atoms with Gasteiger partial charge in [0.1, 0.15) is 0 Å². The van der Waals surface area contributed by atoms with Crippen molar-refractivity contribution in [3.8, 4) is 6.07 Å². The van der Waals surface area contributed by atoms with Crippen LogP contribution in [-0.2, 0) is 16.0 Å². The van der Waals surface area contributed by atoms with E-state index in [4.69, 9.17) is 5.26 Å². The van der Waals surface area contributed by atoms with Crippen LogP contribution in [0.25, 0.3) is 0 Å². The van der Waals surface area contributed by atoms with Gasteiger partial charge < -0.3 is 0 Å². The van der Waals surface area contributed by atoms with Crippen molar-refractivity contribution in [2.24, 2.45) is 0 Å². The third kappa shape index (κ3) is 1.71. The van der Waals surface area contributed by atoms with Crippen LogP contribution in [0.5, 0.6) is 0 Å². The molecule has 1 heterocycles. The summed E-state index contributed by atoms with van der Waals surface area (Å²) in [6.45, 7) is 0. The first-order chi connectivity index (χ1) is 7.72. The van der Waals surface area contributed by atoms with E-state index in [0.717, 1.165) is 10.5 Å². The smallest absolute Gasteiger partial charge is 0.258 e. The molecule has 0 radical (unpaired) electrons. The SMILES string of the molecule is N#CCc1ccc(N2C(=O)C=CC2=O)cc1. The molecule has 4 nitrogen and oxygen atoms in total. The Kier molecular flexibility index (Phi) is 2.52. The molecule has 2 rings (SSSR count). The van der Waals surface area contributed by atoms with Gasteiger partial charge in [0.05, 0.1) is 18.2 Å². The zero-order valence-corrected chi connectivity index (χ0v) is 8.38. The van der Waals surface area contributed by atoms with Crippen molar-refractivity contribution < 1.29 is 9.59 Å². The largest absolute Gasteiger partial charge is 0.269 e. The molecule has 78 valence electrons. The summed E-state index contributed by atoms with van der Waals surface area (Å²) in [7, 11) is 0. The van der Waals surface area contributed by atoms with E-state index in [1.54, 1.807) is 24.3 Å². The number of hydrogen-bond acceptors (Lipinski definition) is 3. The van der Waals surface area contributed by atoms with Crippen LogP contribution in [-0.4, -0.2) is 11.8 Å². The number of imide groups is 1. The Morgan fingerprint density at radius 2 is 1.62 bits per heavy atom. The fourth-order valence-corrected chi connectivity index (χ4v) is 1.51. The number of anilines is 1. The van der Waals surface area contributed by atoms with E-state index in [2.05, 4.69) is 0 Å². The number of nitrogens with zero attached hydrogens (tertiary/aromatic N) is 2. The van der Waals surface area contributed by atoms with Crippen LogP contribution in [0.3, 0.4) is 0 Å². The summed E-state index contributed by atoms with van der Waals surface area (Å²) >= 11 is 0. The molecule has 1 aliphatic heterocycles. The number of hydrogen-bond donors (Lipinski definition) is 0. The van der Waals surface area contributed by atoms with E-state index in [1.807, 2.05) is 6.07 Å². The Balaban J connectivity index is 2.26. The van der Waals surface area contributed by atoms with E-state index < -0.39 is 0 Å². The molecule has 0 unspecified atom stereocenters. The quantitative estimate of drug-likeness (QED) is 0.691. The van der Waals surface area contributed by atoms with Gasteiger partial charge in [-0.15, -0.1) is 0 Å². The zero-order chi connectivity index (χ0) is 11.5. The minimum Gasteiger partial charge on any atom is -0.269 e. The average molecular weight is 212 g/mol. The molecule has 0 bridgehead atoms. The summed E-state index contributed by atoms with van der Waals surface area (Å²) in [5.41, 5.74) is 1.39. The highest BCUT2D eigenvalue weighted by Crippen LogP contribution is 2.19. The standard InChI is InChI=1S/C12H8N2O2/c13-8-7-9-1-3-10(4-2-9)14-11(15)5-6-12(14)16/h1-6H,7H2. The third-order valence-corrected chi connectivity index (χ3v) is 2.29. The predicted octanol–water partition coefficient (Wildman–Crippen LogP) is 1.18. The van der Waals surface area contributed by atoms with E-state index in [1.165, 1.54) is 12.2 Å². The van der Waals surface area contributed by atoms with Gasteiger partial charge in [-0.05, 0) is 17.7 Å². The van der Waals surface area contributed by atoms with Gasteiger partial charge in [0.2, 0.25) is 0 Å². The van der Waals surface area contributed by atoms with Crippen molar-refractivity contribution in [1.82, 2.24) is 0 Å². The lowest BCUT2D eigenvalue weighted by atomic mass is 10.1. The Hall–Kier alpha value is -2.41. The first-order valence-electron chi connectivity index (χ1n) is 4.74. The van der Waals surface area contributed by atoms with Gasteiger partial charge in [0, 0.05) is 12.2 Å². The summed E-state index contributed by atoms with van der Waals surface area (Å²) in [6, 6.07) is 8.82. The maximum atomic E-state index is 11.4. The number of nitriles is 1. The molecule has 2 amide bonds. The lowest BCUT2D eigenvalue weighted by molar-refractivity contribution is -0.119.